The first-order valence-electron chi connectivity index (χ1n) is 15.8. The number of anilines is 5. The van der Waals surface area contributed by atoms with Crippen molar-refractivity contribution in [1.82, 2.24) is 15.0 Å². The SMILES string of the molecule is Nc1c(N=Nc2ccc(S(=O)(=O)CCOSOOO)cc2S(=O)(=O)O)cc(S(=O)(=O)O)c(N)c1N=Nc1cc(Nc2nc(Cl)nc(N3CCOCC3)n2)ccc1SOOO. The van der Waals surface area contributed by atoms with E-state index in [-0.39, 0.29) is 45.8 Å². The maximum absolute atomic E-state index is 12.8. The van der Waals surface area contributed by atoms with E-state index in [1.807, 2.05) is 4.90 Å². The fourth-order valence-corrected chi connectivity index (χ4v) is 8.17. The molecule has 4 aromatic rings. The molecule has 9 N–H and O–H groups in total. The molecule has 324 valence electrons. The van der Waals surface area contributed by atoms with Gasteiger partial charge in [-0.05, 0) is 54.1 Å². The van der Waals surface area contributed by atoms with Crippen LogP contribution in [0.4, 0.5) is 51.7 Å². The summed E-state index contributed by atoms with van der Waals surface area (Å²) in [5, 5.41) is 42.2. The number of hydrogen-bond donors (Lipinski definition) is 7. The van der Waals surface area contributed by atoms with Gasteiger partial charge in [-0.2, -0.15) is 31.8 Å². The third-order valence-electron chi connectivity index (χ3n) is 7.49. The molecule has 33 heteroatoms. The first-order valence-corrected chi connectivity index (χ1v) is 22.2. The number of benzene rings is 3. The highest BCUT2D eigenvalue weighted by Crippen LogP contribution is 2.44. The molecule has 1 saturated heterocycles. The second-order valence-electron chi connectivity index (χ2n) is 11.3. The number of nitrogens with two attached hydrogens (primary N) is 2. The molecule has 1 fully saturated rings. The first kappa shape index (κ1) is 46.6. The van der Waals surface area contributed by atoms with E-state index in [4.69, 9.17) is 42.5 Å². The van der Waals surface area contributed by atoms with Crippen LogP contribution >= 0.6 is 36.0 Å². The second-order valence-corrected chi connectivity index (χ2v) is 17.7. The van der Waals surface area contributed by atoms with Crippen LogP contribution in [0, 0.1) is 0 Å². The van der Waals surface area contributed by atoms with Crippen molar-refractivity contribution >= 4 is 118 Å². The molecule has 0 unspecified atom stereocenters. The Morgan fingerprint density at radius 1 is 0.817 bits per heavy atom. The predicted molar refractivity (Wildman–Crippen MR) is 208 cm³/mol. The van der Waals surface area contributed by atoms with Crippen LogP contribution in [0.3, 0.4) is 0 Å². The fraction of sp³-hybridized carbons (Fsp3) is 0.222. The minimum atomic E-state index is -5.20. The Labute approximate surface area is 351 Å². The number of nitrogens with zero attached hydrogens (tertiary/aromatic N) is 8. The summed E-state index contributed by atoms with van der Waals surface area (Å²) in [6.07, 6.45) is 0. The number of ether oxygens (including phenoxy) is 1. The smallest absolute Gasteiger partial charge is 0.296 e. The summed E-state index contributed by atoms with van der Waals surface area (Å²) in [6.45, 7) is 1.37. The quantitative estimate of drug-likeness (QED) is 0.0126. The minimum Gasteiger partial charge on any atom is -0.396 e. The first-order chi connectivity index (χ1) is 28.4. The number of nitrogen functional groups attached to an aromatic ring is 2. The summed E-state index contributed by atoms with van der Waals surface area (Å²) in [4.78, 5) is 12.0. The van der Waals surface area contributed by atoms with E-state index in [9.17, 15) is 34.4 Å². The number of rotatable bonds is 19. The molecule has 0 aliphatic carbocycles. The number of nitrogens with one attached hydrogen (secondary N) is 1. The molecule has 1 aromatic heterocycles. The van der Waals surface area contributed by atoms with Crippen molar-refractivity contribution in [3.05, 3.63) is 47.7 Å². The lowest BCUT2D eigenvalue weighted by Gasteiger charge is -2.26. The Kier molecular flexibility index (Phi) is 15.8. The molecule has 3 aromatic carbocycles. The summed E-state index contributed by atoms with van der Waals surface area (Å²) in [6, 6.07) is 7.30. The monoisotopic (exact) mass is 957 g/mol. The third kappa shape index (κ3) is 12.3. The lowest BCUT2D eigenvalue weighted by Crippen LogP contribution is -2.37. The normalized spacial score (nSPS) is 14.1. The minimum absolute atomic E-state index is 0.0260. The van der Waals surface area contributed by atoms with E-state index in [0.717, 1.165) is 12.1 Å². The van der Waals surface area contributed by atoms with Crippen molar-refractivity contribution in [2.75, 3.05) is 60.3 Å². The van der Waals surface area contributed by atoms with Gasteiger partial charge in [0.15, 0.2) is 22.2 Å². The number of halogens is 1. The highest BCUT2D eigenvalue weighted by atomic mass is 35.5. The van der Waals surface area contributed by atoms with Crippen LogP contribution in [0.1, 0.15) is 0 Å². The van der Waals surface area contributed by atoms with Gasteiger partial charge < -0.3 is 26.4 Å². The second kappa shape index (κ2) is 20.4. The highest BCUT2D eigenvalue weighted by Gasteiger charge is 2.25. The molecule has 0 bridgehead atoms. The van der Waals surface area contributed by atoms with E-state index in [1.54, 1.807) is 0 Å². The van der Waals surface area contributed by atoms with Gasteiger partial charge in [-0.15, -0.1) is 29.1 Å². The van der Waals surface area contributed by atoms with Crippen molar-refractivity contribution in [1.29, 1.82) is 0 Å². The summed E-state index contributed by atoms with van der Waals surface area (Å²) in [5.74, 6) is -0.429. The molecular weight excluding hydrogens is 930 g/mol. The zero-order valence-electron chi connectivity index (χ0n) is 29.6. The molecule has 0 spiro atoms. The molecule has 0 saturated carbocycles. The van der Waals surface area contributed by atoms with E-state index < -0.39 is 85.6 Å². The summed E-state index contributed by atoms with van der Waals surface area (Å²) < 4.78 is 113. The molecule has 60 heavy (non-hydrogen) atoms. The van der Waals surface area contributed by atoms with Crippen LogP contribution in [-0.4, -0.2) is 98.5 Å². The Morgan fingerprint density at radius 2 is 1.50 bits per heavy atom. The number of morpholine rings is 1. The van der Waals surface area contributed by atoms with Gasteiger partial charge in [0.25, 0.3) is 20.2 Å². The standard InChI is InChI=1S/C27H28ClN11O16S5/c28-25-32-26(34-27(33-25)39-5-7-50-8-6-39)31-14-1-4-19(56-54-52-40)17(11-14)36-38-24-22(29)18(13-21(23(24)30)60(47,48)49)37-35-16-3-2-15(12-20(16)59(44,45)46)58(42,43)10-9-51-57-55-53-41/h1-4,11-13,40-41H,5-10,29-30H2,(H,44,45,46)(H,47,48,49)(H,31,32,33,34). The van der Waals surface area contributed by atoms with Crippen LogP contribution in [0.5, 0.6) is 0 Å². The Bertz CT molecular complexity index is 2610. The number of aromatic nitrogens is 3. The molecule has 5 rings (SSSR count). The maximum Gasteiger partial charge on any atom is 0.296 e. The molecule has 0 amide bonds. The van der Waals surface area contributed by atoms with E-state index >= 15 is 0 Å². The Hall–Kier alpha value is -4.49. The molecule has 27 nitrogen and oxygen atoms in total. The highest BCUT2D eigenvalue weighted by molar-refractivity contribution is 7.94. The lowest BCUT2D eigenvalue weighted by molar-refractivity contribution is -0.434. The summed E-state index contributed by atoms with van der Waals surface area (Å²) in [5.41, 5.74) is 9.43. The average molecular weight is 958 g/mol. The number of azo groups is 2. The largest absolute Gasteiger partial charge is 0.396 e. The number of sulfone groups is 1. The molecule has 2 heterocycles. The van der Waals surface area contributed by atoms with Gasteiger partial charge in [0.1, 0.15) is 32.5 Å². The van der Waals surface area contributed by atoms with Gasteiger partial charge >= 0.3 is 0 Å². The van der Waals surface area contributed by atoms with Gasteiger partial charge in [0.2, 0.25) is 17.2 Å². The predicted octanol–water partition coefficient (Wildman–Crippen LogP) is 4.80. The van der Waals surface area contributed by atoms with Crippen LogP contribution in [0.2, 0.25) is 5.28 Å². The summed E-state index contributed by atoms with van der Waals surface area (Å²) >= 11 is 6.72. The fourth-order valence-electron chi connectivity index (χ4n) is 4.81. The number of hydrogen-bond acceptors (Lipinski definition) is 27. The average Bonchev–Trinajstić information content (AvgIpc) is 3.19. The van der Waals surface area contributed by atoms with Crippen LogP contribution < -0.4 is 21.7 Å². The van der Waals surface area contributed by atoms with Crippen molar-refractivity contribution < 1.29 is 72.5 Å². The molecular formula is C27H28ClN11O16S5. The van der Waals surface area contributed by atoms with Crippen molar-refractivity contribution in [3.8, 4) is 0 Å². The van der Waals surface area contributed by atoms with E-state index in [1.165, 1.54) is 18.2 Å². The van der Waals surface area contributed by atoms with Crippen LogP contribution in [0.25, 0.3) is 0 Å². The van der Waals surface area contributed by atoms with Gasteiger partial charge in [0, 0.05) is 18.8 Å². The zero-order valence-corrected chi connectivity index (χ0v) is 34.5. The van der Waals surface area contributed by atoms with Crippen LogP contribution in [0.15, 0.2) is 82.5 Å². The Morgan fingerprint density at radius 3 is 2.18 bits per heavy atom. The summed E-state index contributed by atoms with van der Waals surface area (Å²) in [7, 11) is -14.6. The van der Waals surface area contributed by atoms with Gasteiger partial charge in [0.05, 0.1) is 58.8 Å². The molecule has 0 radical (unpaired) electrons. The van der Waals surface area contributed by atoms with Crippen molar-refractivity contribution in [2.45, 2.75) is 19.6 Å². The molecule has 0 atom stereocenters. The molecule has 1 aliphatic heterocycles. The van der Waals surface area contributed by atoms with Gasteiger partial charge in [-0.3, -0.25) is 13.3 Å². The van der Waals surface area contributed by atoms with E-state index in [2.05, 4.69) is 59.5 Å². The molecule has 1 aliphatic rings. The van der Waals surface area contributed by atoms with Gasteiger partial charge in [-0.25, -0.2) is 18.9 Å². The lowest BCUT2D eigenvalue weighted by atomic mass is 10.2. The van der Waals surface area contributed by atoms with Crippen LogP contribution in [-0.2, 0) is 57.7 Å². The van der Waals surface area contributed by atoms with E-state index in [0.29, 0.717) is 50.5 Å². The third-order valence-corrected chi connectivity index (χ3v) is 12.1. The Balaban J connectivity index is 1.51. The topological polar surface area (TPSA) is 394 Å². The van der Waals surface area contributed by atoms with Gasteiger partial charge in [-0.1, -0.05) is 10.1 Å². The van der Waals surface area contributed by atoms with Crippen molar-refractivity contribution in [2.24, 2.45) is 20.5 Å². The maximum atomic E-state index is 12.8. The zero-order chi connectivity index (χ0) is 43.7. The van der Waals surface area contributed by atoms with Crippen molar-refractivity contribution in [3.63, 3.8) is 0 Å².